The quantitative estimate of drug-likeness (QED) is 0.846. The van der Waals surface area contributed by atoms with Crippen LogP contribution in [0, 0.1) is 23.6 Å². The van der Waals surface area contributed by atoms with Gasteiger partial charge in [-0.25, -0.2) is 4.39 Å². The average molecular weight is 380 g/mol. The Morgan fingerprint density at radius 3 is 2.65 bits per heavy atom. The number of rotatable bonds is 3. The molecular formula is C20H27ClFN3O. The fourth-order valence-corrected chi connectivity index (χ4v) is 5.23. The zero-order valence-electron chi connectivity index (χ0n) is 15.0. The molecule has 3 aliphatic rings. The van der Waals surface area contributed by atoms with Crippen molar-refractivity contribution in [3.63, 3.8) is 0 Å². The Balaban J connectivity index is 1.33. The van der Waals surface area contributed by atoms with E-state index in [1.54, 1.807) is 6.07 Å². The van der Waals surface area contributed by atoms with Crippen LogP contribution in [0.2, 0.25) is 5.02 Å². The van der Waals surface area contributed by atoms with Gasteiger partial charge in [0.25, 0.3) is 0 Å². The van der Waals surface area contributed by atoms with Crippen molar-refractivity contribution in [2.24, 2.45) is 23.5 Å². The van der Waals surface area contributed by atoms with Gasteiger partial charge in [-0.3, -0.25) is 4.79 Å². The first-order chi connectivity index (χ1) is 12.5. The second-order valence-corrected chi connectivity index (χ2v) is 8.64. The van der Waals surface area contributed by atoms with E-state index in [1.807, 2.05) is 6.07 Å². The summed E-state index contributed by atoms with van der Waals surface area (Å²) in [4.78, 5) is 14.9. The summed E-state index contributed by atoms with van der Waals surface area (Å²) in [5.74, 6) is 0.905. The van der Waals surface area contributed by atoms with Gasteiger partial charge < -0.3 is 16.0 Å². The van der Waals surface area contributed by atoms with Crippen LogP contribution in [0.15, 0.2) is 18.2 Å². The molecular weight excluding hydrogens is 353 g/mol. The van der Waals surface area contributed by atoms with Crippen LogP contribution in [0.1, 0.15) is 38.5 Å². The lowest BCUT2D eigenvalue weighted by Crippen LogP contribution is -2.50. The van der Waals surface area contributed by atoms with Crippen LogP contribution in [0.5, 0.6) is 0 Å². The van der Waals surface area contributed by atoms with Gasteiger partial charge in [0.2, 0.25) is 5.91 Å². The van der Waals surface area contributed by atoms with Crippen molar-refractivity contribution in [1.82, 2.24) is 5.32 Å². The fraction of sp³-hybridized carbons (Fsp3) is 0.650. The molecule has 0 aromatic heterocycles. The number of nitrogens with one attached hydrogen (secondary N) is 1. The molecule has 0 radical (unpaired) electrons. The molecule has 2 bridgehead atoms. The first-order valence-corrected chi connectivity index (χ1v) is 10.1. The van der Waals surface area contributed by atoms with Crippen molar-refractivity contribution in [2.75, 3.05) is 18.0 Å². The van der Waals surface area contributed by atoms with Crippen molar-refractivity contribution in [3.8, 4) is 0 Å². The lowest BCUT2D eigenvalue weighted by Gasteiger charge is -2.43. The molecule has 142 valence electrons. The third kappa shape index (κ3) is 3.56. The van der Waals surface area contributed by atoms with Crippen LogP contribution in [0.3, 0.4) is 0 Å². The molecule has 4 rings (SSSR count). The second kappa shape index (κ2) is 7.35. The van der Waals surface area contributed by atoms with E-state index in [1.165, 1.54) is 25.3 Å². The third-order valence-corrected chi connectivity index (χ3v) is 6.89. The summed E-state index contributed by atoms with van der Waals surface area (Å²) in [5.41, 5.74) is 7.16. The smallest absolute Gasteiger partial charge is 0.223 e. The first kappa shape index (κ1) is 18.1. The molecule has 1 aromatic rings. The number of hydrogen-bond acceptors (Lipinski definition) is 3. The second-order valence-electron chi connectivity index (χ2n) is 8.24. The maximum Gasteiger partial charge on any atom is 0.223 e. The number of amides is 1. The van der Waals surface area contributed by atoms with Gasteiger partial charge in [0, 0.05) is 36.8 Å². The van der Waals surface area contributed by atoms with Crippen LogP contribution in [-0.2, 0) is 4.79 Å². The van der Waals surface area contributed by atoms with E-state index in [9.17, 15) is 9.18 Å². The summed E-state index contributed by atoms with van der Waals surface area (Å²) in [5, 5.41) is 3.38. The molecule has 2 saturated carbocycles. The minimum absolute atomic E-state index is 0.104. The Bertz CT molecular complexity index is 671. The highest BCUT2D eigenvalue weighted by Crippen LogP contribution is 2.42. The highest BCUT2D eigenvalue weighted by atomic mass is 35.5. The molecule has 1 heterocycles. The van der Waals surface area contributed by atoms with E-state index in [-0.39, 0.29) is 28.9 Å². The predicted octanol–water partition coefficient (Wildman–Crippen LogP) is 3.33. The molecule has 4 nitrogen and oxygen atoms in total. The molecule has 3 fully saturated rings. The van der Waals surface area contributed by atoms with Crippen molar-refractivity contribution in [1.29, 1.82) is 0 Å². The molecule has 6 heteroatoms. The summed E-state index contributed by atoms with van der Waals surface area (Å²) >= 11 is 5.76. The van der Waals surface area contributed by atoms with Gasteiger partial charge in [-0.05, 0) is 62.1 Å². The number of nitrogens with two attached hydrogens (primary N) is 1. The number of carbonyl (C=O) groups is 1. The number of carbonyl (C=O) groups excluding carboxylic acids is 1. The van der Waals surface area contributed by atoms with E-state index in [0.717, 1.165) is 31.5 Å². The maximum absolute atomic E-state index is 13.7. The number of hydrogen-bond donors (Lipinski definition) is 2. The Kier molecular flexibility index (Phi) is 5.11. The largest absolute Gasteiger partial charge is 0.369 e. The molecule has 1 saturated heterocycles. The van der Waals surface area contributed by atoms with Gasteiger partial charge >= 0.3 is 0 Å². The molecule has 2 aliphatic carbocycles. The number of anilines is 1. The highest BCUT2D eigenvalue weighted by Gasteiger charge is 2.41. The molecule has 3 atom stereocenters. The van der Waals surface area contributed by atoms with Crippen LogP contribution in [0.4, 0.5) is 10.1 Å². The predicted molar refractivity (Wildman–Crippen MR) is 102 cm³/mol. The van der Waals surface area contributed by atoms with Gasteiger partial charge in [0.15, 0.2) is 0 Å². The lowest BCUT2D eigenvalue weighted by atomic mass is 9.65. The summed E-state index contributed by atoms with van der Waals surface area (Å²) in [6.07, 6.45) is 6.34. The van der Waals surface area contributed by atoms with Gasteiger partial charge in [-0.15, -0.1) is 0 Å². The summed E-state index contributed by atoms with van der Waals surface area (Å²) in [7, 11) is 0. The molecule has 3 N–H and O–H groups in total. The van der Waals surface area contributed by atoms with Crippen molar-refractivity contribution in [3.05, 3.63) is 29.0 Å². The van der Waals surface area contributed by atoms with Crippen molar-refractivity contribution in [2.45, 2.75) is 50.6 Å². The zero-order chi connectivity index (χ0) is 18.3. The van der Waals surface area contributed by atoms with Crippen LogP contribution in [0.25, 0.3) is 0 Å². The minimum Gasteiger partial charge on any atom is -0.369 e. The number of nitrogens with zero attached hydrogens (tertiary/aromatic N) is 1. The minimum atomic E-state index is -0.401. The third-order valence-electron chi connectivity index (χ3n) is 6.59. The van der Waals surface area contributed by atoms with Gasteiger partial charge in [-0.2, -0.15) is 0 Å². The molecule has 3 unspecified atom stereocenters. The monoisotopic (exact) mass is 379 g/mol. The number of benzene rings is 1. The average Bonchev–Trinajstić information content (AvgIpc) is 3.05. The molecule has 1 aromatic carbocycles. The molecule has 0 spiro atoms. The first-order valence-electron chi connectivity index (χ1n) is 9.77. The van der Waals surface area contributed by atoms with Crippen LogP contribution >= 0.6 is 11.6 Å². The van der Waals surface area contributed by atoms with Crippen molar-refractivity contribution >= 4 is 23.2 Å². The van der Waals surface area contributed by atoms with Crippen LogP contribution < -0.4 is 16.0 Å². The normalized spacial score (nSPS) is 34.0. The lowest BCUT2D eigenvalue weighted by molar-refractivity contribution is -0.128. The topological polar surface area (TPSA) is 58.4 Å². The molecule has 1 amide bonds. The zero-order valence-corrected chi connectivity index (χ0v) is 15.7. The highest BCUT2D eigenvalue weighted by molar-refractivity contribution is 6.30. The van der Waals surface area contributed by atoms with Crippen molar-refractivity contribution < 1.29 is 9.18 Å². The summed E-state index contributed by atoms with van der Waals surface area (Å²) in [6.45, 7) is 1.53. The SMILES string of the molecule is NC1C2CCCC1CC(C(=O)NC1CCN(c3ccc(Cl)c(F)c3)C1)C2. The van der Waals surface area contributed by atoms with Gasteiger partial charge in [0.1, 0.15) is 5.82 Å². The Morgan fingerprint density at radius 2 is 1.96 bits per heavy atom. The van der Waals surface area contributed by atoms with E-state index in [2.05, 4.69) is 10.2 Å². The van der Waals surface area contributed by atoms with Gasteiger partial charge in [0.05, 0.1) is 5.02 Å². The standard InChI is InChI=1S/C20H27ClFN3O/c21-17-5-4-16(10-18(17)22)25-7-6-15(11-25)24-20(26)14-8-12-2-1-3-13(9-14)19(12)23/h4-5,10,12-15,19H,1-3,6-9,11,23H2,(H,24,26). The molecule has 26 heavy (non-hydrogen) atoms. The fourth-order valence-electron chi connectivity index (χ4n) is 5.12. The maximum atomic E-state index is 13.7. The summed E-state index contributed by atoms with van der Waals surface area (Å²) in [6, 6.07) is 5.30. The van der Waals surface area contributed by atoms with E-state index in [0.29, 0.717) is 18.4 Å². The van der Waals surface area contributed by atoms with E-state index < -0.39 is 5.82 Å². The Morgan fingerprint density at radius 1 is 1.23 bits per heavy atom. The summed E-state index contributed by atoms with van der Waals surface area (Å²) < 4.78 is 13.7. The number of halogens is 2. The van der Waals surface area contributed by atoms with E-state index >= 15 is 0 Å². The molecule has 1 aliphatic heterocycles. The van der Waals surface area contributed by atoms with Crippen LogP contribution in [-0.4, -0.2) is 31.1 Å². The Hall–Kier alpha value is -1.33. The van der Waals surface area contributed by atoms with E-state index in [4.69, 9.17) is 17.3 Å². The Labute approximate surface area is 159 Å². The van der Waals surface area contributed by atoms with Gasteiger partial charge in [-0.1, -0.05) is 18.0 Å². The number of fused-ring (bicyclic) bond motifs is 2.